The van der Waals surface area contributed by atoms with Crippen LogP contribution in [0.3, 0.4) is 0 Å². The third-order valence-electron chi connectivity index (χ3n) is 5.46. The number of anilines is 1. The topological polar surface area (TPSA) is 40.5 Å². The number of phenols is 1. The first-order chi connectivity index (χ1) is 13.9. The van der Waals surface area contributed by atoms with Crippen molar-refractivity contribution in [3.8, 4) is 5.75 Å². The van der Waals surface area contributed by atoms with Gasteiger partial charge in [0.2, 0.25) is 0 Å². The van der Waals surface area contributed by atoms with E-state index in [2.05, 4.69) is 72.4 Å². The van der Waals surface area contributed by atoms with Gasteiger partial charge in [-0.05, 0) is 60.6 Å². The molecule has 0 radical (unpaired) electrons. The number of hydrogen-bond acceptors (Lipinski definition) is 3. The van der Waals surface area contributed by atoms with E-state index in [1.54, 1.807) is 6.08 Å². The van der Waals surface area contributed by atoms with Crippen LogP contribution in [-0.2, 0) is 10.8 Å². The molecule has 0 saturated heterocycles. The van der Waals surface area contributed by atoms with Gasteiger partial charge in [0.05, 0.1) is 0 Å². The van der Waals surface area contributed by atoms with Gasteiger partial charge < -0.3 is 10.0 Å². The van der Waals surface area contributed by atoms with E-state index in [9.17, 15) is 9.90 Å². The van der Waals surface area contributed by atoms with Crippen LogP contribution in [0.25, 0.3) is 6.08 Å². The Hall–Kier alpha value is -2.55. The minimum absolute atomic E-state index is 0.0566. The fourth-order valence-electron chi connectivity index (χ4n) is 3.57. The van der Waals surface area contributed by atoms with Crippen LogP contribution in [0.2, 0.25) is 0 Å². The van der Waals surface area contributed by atoms with Gasteiger partial charge in [-0.25, -0.2) is 0 Å². The molecule has 2 aromatic rings. The molecule has 2 rings (SSSR count). The van der Waals surface area contributed by atoms with Crippen molar-refractivity contribution in [2.45, 2.75) is 66.2 Å². The van der Waals surface area contributed by atoms with E-state index in [1.165, 1.54) is 5.69 Å². The molecule has 0 heterocycles. The molecule has 0 atom stereocenters. The zero-order valence-electron chi connectivity index (χ0n) is 19.8. The lowest BCUT2D eigenvalue weighted by atomic mass is 9.78. The van der Waals surface area contributed by atoms with Crippen molar-refractivity contribution in [1.82, 2.24) is 0 Å². The van der Waals surface area contributed by atoms with Gasteiger partial charge in [-0.15, -0.1) is 0 Å². The maximum absolute atomic E-state index is 13.0. The molecule has 0 aliphatic heterocycles. The molecule has 162 valence electrons. The van der Waals surface area contributed by atoms with Crippen molar-refractivity contribution in [3.63, 3.8) is 0 Å². The van der Waals surface area contributed by atoms with E-state index >= 15 is 0 Å². The number of phenolic OH excluding ortho intramolecular Hbond substituents is 1. The normalized spacial score (nSPS) is 12.4. The number of carbonyl (C=O) groups excluding carboxylic acids is 1. The van der Waals surface area contributed by atoms with Crippen LogP contribution in [0.5, 0.6) is 5.75 Å². The highest BCUT2D eigenvalue weighted by Gasteiger charge is 2.27. The molecule has 0 aromatic heterocycles. The number of nitrogens with zero attached hydrogens (tertiary/aromatic N) is 1. The van der Waals surface area contributed by atoms with Crippen LogP contribution < -0.4 is 4.90 Å². The van der Waals surface area contributed by atoms with Crippen molar-refractivity contribution in [2.24, 2.45) is 0 Å². The zero-order valence-corrected chi connectivity index (χ0v) is 19.8. The summed E-state index contributed by atoms with van der Waals surface area (Å²) < 4.78 is 0. The summed E-state index contributed by atoms with van der Waals surface area (Å²) in [6.07, 6.45) is 3.48. The highest BCUT2D eigenvalue weighted by Crippen LogP contribution is 2.39. The predicted molar refractivity (Wildman–Crippen MR) is 129 cm³/mol. The van der Waals surface area contributed by atoms with E-state index in [0.29, 0.717) is 11.3 Å². The largest absolute Gasteiger partial charge is 0.507 e. The Labute approximate surface area is 182 Å². The molecule has 0 saturated carbocycles. The molecule has 0 aliphatic carbocycles. The quantitative estimate of drug-likeness (QED) is 0.426. The third kappa shape index (κ3) is 5.53. The van der Waals surface area contributed by atoms with Crippen molar-refractivity contribution in [3.05, 3.63) is 64.7 Å². The Balaban J connectivity index is 2.36. The van der Waals surface area contributed by atoms with Gasteiger partial charge >= 0.3 is 0 Å². The standard InChI is InChI=1S/C27H37NO2/c1-9-28(10-2)21-14-11-19(12-15-21)13-16-24(29)20-17-22(26(3,4)5)25(30)23(18-20)27(6,7)8/h11-18,30H,9-10H2,1-8H3/b16-13+. The van der Waals surface area contributed by atoms with E-state index in [1.807, 2.05) is 30.3 Å². The van der Waals surface area contributed by atoms with Crippen LogP contribution in [0.4, 0.5) is 5.69 Å². The van der Waals surface area contributed by atoms with Gasteiger partial charge in [0.25, 0.3) is 0 Å². The Bertz CT molecular complexity index is 870. The predicted octanol–water partition coefficient (Wildman–Crippen LogP) is 6.73. The highest BCUT2D eigenvalue weighted by atomic mass is 16.3. The molecular weight excluding hydrogens is 370 g/mol. The number of ketones is 1. The second kappa shape index (κ2) is 9.07. The summed E-state index contributed by atoms with van der Waals surface area (Å²) >= 11 is 0. The molecule has 0 fully saturated rings. The second-order valence-corrected chi connectivity index (χ2v) is 9.88. The molecular formula is C27H37NO2. The molecule has 1 N–H and O–H groups in total. The summed E-state index contributed by atoms with van der Waals surface area (Å²) in [6, 6.07) is 11.9. The van der Waals surface area contributed by atoms with Crippen LogP contribution in [0.15, 0.2) is 42.5 Å². The average molecular weight is 408 g/mol. The smallest absolute Gasteiger partial charge is 0.185 e. The Morgan fingerprint density at radius 2 is 1.37 bits per heavy atom. The van der Waals surface area contributed by atoms with Gasteiger partial charge in [-0.1, -0.05) is 59.8 Å². The van der Waals surface area contributed by atoms with E-state index in [0.717, 1.165) is 29.8 Å². The van der Waals surface area contributed by atoms with Gasteiger partial charge in [0.1, 0.15) is 5.75 Å². The molecule has 2 aromatic carbocycles. The van der Waals surface area contributed by atoms with Gasteiger partial charge in [-0.2, -0.15) is 0 Å². The van der Waals surface area contributed by atoms with Gasteiger partial charge in [0.15, 0.2) is 5.78 Å². The van der Waals surface area contributed by atoms with Crippen LogP contribution in [0.1, 0.15) is 82.4 Å². The summed E-state index contributed by atoms with van der Waals surface area (Å²) in [7, 11) is 0. The molecule has 3 nitrogen and oxygen atoms in total. The monoisotopic (exact) mass is 407 g/mol. The number of rotatable bonds is 6. The van der Waals surface area contributed by atoms with E-state index in [4.69, 9.17) is 0 Å². The van der Waals surface area contributed by atoms with Crippen molar-refractivity contribution in [1.29, 1.82) is 0 Å². The minimum atomic E-state index is -0.260. The number of allylic oxidation sites excluding steroid dienone is 1. The molecule has 0 amide bonds. The lowest BCUT2D eigenvalue weighted by molar-refractivity contribution is 0.104. The SMILES string of the molecule is CCN(CC)c1ccc(/C=C/C(=O)c2cc(C(C)(C)C)c(O)c(C(C)(C)C)c2)cc1. The average Bonchev–Trinajstić information content (AvgIpc) is 2.66. The fraction of sp³-hybridized carbons (Fsp3) is 0.444. The van der Waals surface area contributed by atoms with E-state index < -0.39 is 0 Å². The first-order valence-corrected chi connectivity index (χ1v) is 10.8. The zero-order chi connectivity index (χ0) is 22.7. The molecule has 30 heavy (non-hydrogen) atoms. The van der Waals surface area contributed by atoms with E-state index in [-0.39, 0.29) is 16.6 Å². The summed E-state index contributed by atoms with van der Waals surface area (Å²) in [6.45, 7) is 18.5. The number of carbonyl (C=O) groups is 1. The first-order valence-electron chi connectivity index (χ1n) is 10.8. The summed E-state index contributed by atoms with van der Waals surface area (Å²) in [5.74, 6) is 0.237. The molecule has 3 heteroatoms. The van der Waals surface area contributed by atoms with Crippen LogP contribution >= 0.6 is 0 Å². The lowest BCUT2D eigenvalue weighted by Gasteiger charge is -2.27. The van der Waals surface area contributed by atoms with Gasteiger partial charge in [-0.3, -0.25) is 4.79 Å². The summed E-state index contributed by atoms with van der Waals surface area (Å²) in [4.78, 5) is 15.3. The number of aromatic hydroxyl groups is 1. The maximum Gasteiger partial charge on any atom is 0.185 e. The first kappa shape index (κ1) is 23.7. The van der Waals surface area contributed by atoms with Crippen LogP contribution in [0, 0.1) is 0 Å². The summed E-state index contributed by atoms with van der Waals surface area (Å²) in [5.41, 5.74) is 3.87. The molecule has 0 spiro atoms. The van der Waals surface area contributed by atoms with Gasteiger partial charge in [0, 0.05) is 35.5 Å². The fourth-order valence-corrected chi connectivity index (χ4v) is 3.57. The van der Waals surface area contributed by atoms with Crippen molar-refractivity contribution < 1.29 is 9.90 Å². The summed E-state index contributed by atoms with van der Waals surface area (Å²) in [5, 5.41) is 10.9. The Morgan fingerprint density at radius 1 is 0.900 bits per heavy atom. The number of benzene rings is 2. The number of hydrogen-bond donors (Lipinski definition) is 1. The lowest BCUT2D eigenvalue weighted by Crippen LogP contribution is -2.21. The second-order valence-electron chi connectivity index (χ2n) is 9.88. The maximum atomic E-state index is 13.0. The highest BCUT2D eigenvalue weighted by molar-refractivity contribution is 6.07. The van der Waals surface area contributed by atoms with Crippen molar-refractivity contribution >= 4 is 17.5 Å². The van der Waals surface area contributed by atoms with Crippen molar-refractivity contribution in [2.75, 3.05) is 18.0 Å². The molecule has 0 aliphatic rings. The Morgan fingerprint density at radius 3 is 1.77 bits per heavy atom. The molecule has 0 bridgehead atoms. The van der Waals surface area contributed by atoms with Crippen LogP contribution in [-0.4, -0.2) is 24.0 Å². The third-order valence-corrected chi connectivity index (χ3v) is 5.46. The Kier molecular flexibility index (Phi) is 7.18. The molecule has 0 unspecified atom stereocenters. The minimum Gasteiger partial charge on any atom is -0.507 e.